The lowest BCUT2D eigenvalue weighted by Crippen LogP contribution is -2.35. The van der Waals surface area contributed by atoms with E-state index in [4.69, 9.17) is 10.7 Å². The summed E-state index contributed by atoms with van der Waals surface area (Å²) in [6.45, 7) is 0. The summed E-state index contributed by atoms with van der Waals surface area (Å²) in [5.74, 6) is 3.07. The van der Waals surface area contributed by atoms with Crippen LogP contribution in [0.4, 0.5) is 0 Å². The Kier molecular flexibility index (Phi) is 2.07. The van der Waals surface area contributed by atoms with Crippen molar-refractivity contribution in [2.24, 2.45) is 24.6 Å². The Morgan fingerprint density at radius 3 is 2.89 bits per heavy atom. The normalized spacial score (nSPS) is 34.6. The van der Waals surface area contributed by atoms with Gasteiger partial charge >= 0.3 is 0 Å². The summed E-state index contributed by atoms with van der Waals surface area (Å²) in [5.41, 5.74) is 8.57. The third-order valence-electron chi connectivity index (χ3n) is 5.00. The third-order valence-corrected chi connectivity index (χ3v) is 5.00. The molecule has 2 N–H and O–H groups in total. The van der Waals surface area contributed by atoms with Crippen LogP contribution >= 0.6 is 0 Å². The third kappa shape index (κ3) is 1.24. The molecule has 2 aromatic heterocycles. The van der Waals surface area contributed by atoms with E-state index in [-0.39, 0.29) is 0 Å². The van der Waals surface area contributed by atoms with Gasteiger partial charge in [0.2, 0.25) is 0 Å². The zero-order valence-electron chi connectivity index (χ0n) is 10.6. The number of hydrogen-bond acceptors (Lipinski definition) is 3. The van der Waals surface area contributed by atoms with Gasteiger partial charge in [-0.1, -0.05) is 0 Å². The quantitative estimate of drug-likeness (QED) is 0.829. The van der Waals surface area contributed by atoms with Crippen LogP contribution in [0.1, 0.15) is 31.0 Å². The minimum atomic E-state index is 0.298. The summed E-state index contributed by atoms with van der Waals surface area (Å²) in [6, 6.07) is 2.33. The average molecular weight is 242 g/mol. The van der Waals surface area contributed by atoms with Crippen LogP contribution in [0.2, 0.25) is 0 Å². The van der Waals surface area contributed by atoms with Gasteiger partial charge in [0.05, 0.1) is 11.7 Å². The van der Waals surface area contributed by atoms with Gasteiger partial charge in [0.1, 0.15) is 11.3 Å². The molecule has 2 bridgehead atoms. The van der Waals surface area contributed by atoms with Crippen LogP contribution in [0.5, 0.6) is 0 Å². The first-order valence-electron chi connectivity index (χ1n) is 6.77. The Labute approximate surface area is 106 Å². The molecular formula is C14H18N4. The molecule has 0 aromatic carbocycles. The van der Waals surface area contributed by atoms with E-state index in [1.54, 1.807) is 0 Å². The summed E-state index contributed by atoms with van der Waals surface area (Å²) < 4.78 is 2.21. The van der Waals surface area contributed by atoms with Crippen LogP contribution in [0, 0.1) is 11.8 Å². The van der Waals surface area contributed by atoms with Crippen LogP contribution in [-0.2, 0) is 7.05 Å². The van der Waals surface area contributed by atoms with Crippen LogP contribution in [-0.4, -0.2) is 20.6 Å². The van der Waals surface area contributed by atoms with Crippen molar-refractivity contribution in [3.8, 4) is 0 Å². The highest BCUT2D eigenvalue weighted by atomic mass is 15.1. The Bertz CT molecular complexity index is 601. The molecule has 4 nitrogen and oxygen atoms in total. The molecule has 94 valence electrons. The van der Waals surface area contributed by atoms with E-state index in [0.29, 0.717) is 12.0 Å². The summed E-state index contributed by atoms with van der Waals surface area (Å²) >= 11 is 0. The topological polar surface area (TPSA) is 56.7 Å². The highest BCUT2D eigenvalue weighted by Crippen LogP contribution is 2.51. The zero-order valence-corrected chi connectivity index (χ0v) is 10.6. The van der Waals surface area contributed by atoms with E-state index in [1.807, 2.05) is 18.5 Å². The lowest BCUT2D eigenvalue weighted by atomic mass is 9.84. The van der Waals surface area contributed by atoms with Crippen molar-refractivity contribution in [2.45, 2.75) is 31.2 Å². The second kappa shape index (κ2) is 3.54. The molecule has 2 saturated carbocycles. The van der Waals surface area contributed by atoms with Gasteiger partial charge in [0, 0.05) is 25.2 Å². The van der Waals surface area contributed by atoms with Gasteiger partial charge in [0.15, 0.2) is 0 Å². The minimum Gasteiger partial charge on any atom is -0.331 e. The number of aryl methyl sites for hydroxylation is 1. The zero-order chi connectivity index (χ0) is 12.3. The van der Waals surface area contributed by atoms with Crippen molar-refractivity contribution < 1.29 is 0 Å². The van der Waals surface area contributed by atoms with E-state index in [1.165, 1.54) is 19.3 Å². The first-order chi connectivity index (χ1) is 8.75. The Hall–Kier alpha value is -1.42. The maximum atomic E-state index is 6.42. The molecule has 0 saturated heterocycles. The fourth-order valence-electron chi connectivity index (χ4n) is 4.09. The summed E-state index contributed by atoms with van der Waals surface area (Å²) in [5, 5.41) is 0. The second-order valence-corrected chi connectivity index (χ2v) is 5.83. The van der Waals surface area contributed by atoms with Gasteiger partial charge < -0.3 is 10.3 Å². The first kappa shape index (κ1) is 10.5. The molecule has 2 aromatic rings. The van der Waals surface area contributed by atoms with Crippen LogP contribution < -0.4 is 5.73 Å². The van der Waals surface area contributed by atoms with E-state index in [0.717, 1.165) is 28.7 Å². The van der Waals surface area contributed by atoms with E-state index < -0.39 is 0 Å². The van der Waals surface area contributed by atoms with Crippen molar-refractivity contribution in [1.29, 1.82) is 0 Å². The molecule has 4 rings (SSSR count). The number of nitrogens with zero attached hydrogens (tertiary/aromatic N) is 3. The largest absolute Gasteiger partial charge is 0.331 e. The average Bonchev–Trinajstić information content (AvgIpc) is 3.04. The summed E-state index contributed by atoms with van der Waals surface area (Å²) in [4.78, 5) is 8.94. The maximum absolute atomic E-state index is 6.42. The number of aromatic nitrogens is 3. The molecule has 2 aliphatic carbocycles. The molecule has 4 unspecified atom stereocenters. The summed E-state index contributed by atoms with van der Waals surface area (Å²) in [6.07, 6.45) is 7.61. The molecule has 0 spiro atoms. The first-order valence-corrected chi connectivity index (χ1v) is 6.77. The van der Waals surface area contributed by atoms with Gasteiger partial charge in [-0.2, -0.15) is 0 Å². The van der Waals surface area contributed by atoms with Gasteiger partial charge in [-0.3, -0.25) is 4.98 Å². The molecule has 2 aliphatic rings. The van der Waals surface area contributed by atoms with Gasteiger partial charge in [-0.15, -0.1) is 0 Å². The minimum absolute atomic E-state index is 0.298. The molecule has 2 fully saturated rings. The van der Waals surface area contributed by atoms with Crippen molar-refractivity contribution >= 4 is 11.0 Å². The van der Waals surface area contributed by atoms with Crippen molar-refractivity contribution in [2.75, 3.05) is 0 Å². The van der Waals surface area contributed by atoms with Crippen molar-refractivity contribution in [1.82, 2.24) is 14.5 Å². The number of nitrogens with two attached hydrogens (primary N) is 1. The van der Waals surface area contributed by atoms with Crippen molar-refractivity contribution in [3.63, 3.8) is 0 Å². The van der Waals surface area contributed by atoms with Crippen molar-refractivity contribution in [3.05, 3.63) is 24.3 Å². The molecule has 2 heterocycles. The number of imidazole rings is 1. The Morgan fingerprint density at radius 1 is 1.33 bits per heavy atom. The standard InChI is InChI=1S/C14H18N4/c1-18-11-4-5-16-7-10(11)17-14(18)12-8-2-3-9(6-8)13(12)15/h4-5,7-9,12-13H,2-3,6,15H2,1H3. The van der Waals surface area contributed by atoms with Crippen LogP contribution in [0.15, 0.2) is 18.5 Å². The predicted octanol–water partition coefficient (Wildman–Crippen LogP) is 1.81. The maximum Gasteiger partial charge on any atom is 0.114 e. The molecule has 4 atom stereocenters. The molecular weight excluding hydrogens is 224 g/mol. The molecule has 4 heteroatoms. The number of rotatable bonds is 1. The smallest absolute Gasteiger partial charge is 0.114 e. The molecule has 18 heavy (non-hydrogen) atoms. The Morgan fingerprint density at radius 2 is 2.17 bits per heavy atom. The Balaban J connectivity index is 1.85. The van der Waals surface area contributed by atoms with Crippen LogP contribution in [0.3, 0.4) is 0 Å². The molecule has 0 aliphatic heterocycles. The second-order valence-electron chi connectivity index (χ2n) is 5.83. The molecule has 0 amide bonds. The monoisotopic (exact) mass is 242 g/mol. The fraction of sp³-hybridized carbons (Fsp3) is 0.571. The highest BCUT2D eigenvalue weighted by Gasteiger charge is 2.48. The SMILES string of the molecule is Cn1c(C2C3CCC(C3)C2N)nc2cnccc21. The lowest BCUT2D eigenvalue weighted by Gasteiger charge is -2.27. The van der Waals surface area contributed by atoms with Gasteiger partial charge in [-0.25, -0.2) is 4.98 Å². The van der Waals surface area contributed by atoms with Crippen LogP contribution in [0.25, 0.3) is 11.0 Å². The van der Waals surface area contributed by atoms with E-state index in [2.05, 4.69) is 16.6 Å². The number of pyridine rings is 1. The van der Waals surface area contributed by atoms with Gasteiger partial charge in [0.25, 0.3) is 0 Å². The molecule has 0 radical (unpaired) electrons. The lowest BCUT2D eigenvalue weighted by molar-refractivity contribution is 0.350. The fourth-order valence-corrected chi connectivity index (χ4v) is 4.09. The van der Waals surface area contributed by atoms with Gasteiger partial charge in [-0.05, 0) is 37.2 Å². The van der Waals surface area contributed by atoms with E-state index >= 15 is 0 Å². The predicted molar refractivity (Wildman–Crippen MR) is 70.1 cm³/mol. The highest BCUT2D eigenvalue weighted by molar-refractivity contribution is 5.74. The number of hydrogen-bond donors (Lipinski definition) is 1. The number of fused-ring (bicyclic) bond motifs is 3. The summed E-state index contributed by atoms with van der Waals surface area (Å²) in [7, 11) is 2.10. The van der Waals surface area contributed by atoms with E-state index in [9.17, 15) is 0 Å².